The van der Waals surface area contributed by atoms with Crippen LogP contribution in [0.1, 0.15) is 19.5 Å². The Morgan fingerprint density at radius 2 is 2.31 bits per heavy atom. The van der Waals surface area contributed by atoms with E-state index in [-0.39, 0.29) is 12.0 Å². The van der Waals surface area contributed by atoms with Crippen LogP contribution in [0.2, 0.25) is 0 Å². The first-order valence-corrected chi connectivity index (χ1v) is 5.57. The molecule has 1 rings (SSSR count). The molecule has 0 aliphatic heterocycles. The lowest BCUT2D eigenvalue weighted by Crippen LogP contribution is -2.39. The highest BCUT2D eigenvalue weighted by molar-refractivity contribution is 5.76. The van der Waals surface area contributed by atoms with E-state index in [1.807, 2.05) is 32.0 Å². The van der Waals surface area contributed by atoms with Gasteiger partial charge in [0.15, 0.2) is 0 Å². The maximum Gasteiger partial charge on any atom is 0.323 e. The summed E-state index contributed by atoms with van der Waals surface area (Å²) in [6.07, 6.45) is 2.29. The van der Waals surface area contributed by atoms with Gasteiger partial charge in [0.05, 0.1) is 6.61 Å². The first kappa shape index (κ1) is 12.6. The number of hydrogen-bond acceptors (Lipinski definition) is 4. The number of nitrogens with one attached hydrogen (secondary N) is 1. The van der Waals surface area contributed by atoms with Crippen LogP contribution in [0.25, 0.3) is 0 Å². The van der Waals surface area contributed by atoms with E-state index in [2.05, 4.69) is 10.3 Å². The largest absolute Gasteiger partial charge is 0.465 e. The third-order valence-electron chi connectivity index (χ3n) is 2.16. The number of pyridine rings is 1. The van der Waals surface area contributed by atoms with E-state index < -0.39 is 0 Å². The Kier molecular flexibility index (Phi) is 5.50. The van der Waals surface area contributed by atoms with E-state index >= 15 is 0 Å². The molecule has 88 valence electrons. The van der Waals surface area contributed by atoms with E-state index in [9.17, 15) is 4.79 Å². The number of likely N-dealkylation sites (N-methyl/N-ethyl adjacent to an activating group) is 1. The molecule has 1 aromatic heterocycles. The summed E-state index contributed by atoms with van der Waals surface area (Å²) >= 11 is 0. The van der Waals surface area contributed by atoms with Crippen molar-refractivity contribution in [2.45, 2.75) is 26.3 Å². The number of aromatic nitrogens is 1. The van der Waals surface area contributed by atoms with Crippen molar-refractivity contribution in [2.24, 2.45) is 0 Å². The van der Waals surface area contributed by atoms with Gasteiger partial charge in [0.25, 0.3) is 0 Å². The molecular formula is C12H18N2O2. The number of carbonyl (C=O) groups is 1. The topological polar surface area (TPSA) is 51.2 Å². The molecule has 0 aliphatic rings. The molecule has 1 heterocycles. The lowest BCUT2D eigenvalue weighted by molar-refractivity contribution is -0.145. The van der Waals surface area contributed by atoms with Crippen molar-refractivity contribution in [3.63, 3.8) is 0 Å². The average Bonchev–Trinajstić information content (AvgIpc) is 2.30. The fourth-order valence-corrected chi connectivity index (χ4v) is 1.46. The van der Waals surface area contributed by atoms with Crippen LogP contribution < -0.4 is 5.32 Å². The van der Waals surface area contributed by atoms with E-state index in [0.717, 1.165) is 12.2 Å². The van der Waals surface area contributed by atoms with Gasteiger partial charge in [-0.2, -0.15) is 0 Å². The highest BCUT2D eigenvalue weighted by atomic mass is 16.5. The van der Waals surface area contributed by atoms with E-state index in [1.165, 1.54) is 0 Å². The van der Waals surface area contributed by atoms with Gasteiger partial charge in [0.2, 0.25) is 0 Å². The molecule has 0 aromatic carbocycles. The van der Waals surface area contributed by atoms with Crippen molar-refractivity contribution in [2.75, 3.05) is 13.2 Å². The normalized spacial score (nSPS) is 12.1. The fourth-order valence-electron chi connectivity index (χ4n) is 1.46. The average molecular weight is 222 g/mol. The number of carbonyl (C=O) groups excluding carboxylic acids is 1. The minimum absolute atomic E-state index is 0.213. The molecule has 1 N–H and O–H groups in total. The zero-order valence-electron chi connectivity index (χ0n) is 9.77. The molecule has 0 bridgehead atoms. The molecule has 0 fully saturated rings. The Bertz CT molecular complexity index is 314. The second-order valence-corrected chi connectivity index (χ2v) is 3.39. The molecule has 0 saturated carbocycles. The molecule has 0 amide bonds. The second-order valence-electron chi connectivity index (χ2n) is 3.39. The Balaban J connectivity index is 2.60. The number of rotatable bonds is 6. The molecule has 1 unspecified atom stereocenters. The van der Waals surface area contributed by atoms with Crippen LogP contribution in [-0.4, -0.2) is 30.1 Å². The quantitative estimate of drug-likeness (QED) is 0.734. The smallest absolute Gasteiger partial charge is 0.323 e. The SMILES string of the molecule is CCNC(Cc1ccccn1)C(=O)OCC. The van der Waals surface area contributed by atoms with Crippen LogP contribution in [-0.2, 0) is 16.0 Å². The number of hydrogen-bond donors (Lipinski definition) is 1. The van der Waals surface area contributed by atoms with Gasteiger partial charge in [-0.1, -0.05) is 13.0 Å². The van der Waals surface area contributed by atoms with Gasteiger partial charge in [-0.05, 0) is 25.6 Å². The summed E-state index contributed by atoms with van der Waals surface area (Å²) in [5.74, 6) is -0.213. The lowest BCUT2D eigenvalue weighted by Gasteiger charge is -2.15. The predicted molar refractivity (Wildman–Crippen MR) is 62.0 cm³/mol. The molecular weight excluding hydrogens is 204 g/mol. The summed E-state index contributed by atoms with van der Waals surface area (Å²) in [7, 11) is 0. The van der Waals surface area contributed by atoms with E-state index in [4.69, 9.17) is 4.74 Å². The Hall–Kier alpha value is -1.42. The van der Waals surface area contributed by atoms with Gasteiger partial charge >= 0.3 is 5.97 Å². The first-order valence-electron chi connectivity index (χ1n) is 5.57. The standard InChI is InChI=1S/C12H18N2O2/c1-3-13-11(12(15)16-4-2)9-10-7-5-6-8-14-10/h5-8,11,13H,3-4,9H2,1-2H3. The summed E-state index contributed by atoms with van der Waals surface area (Å²) in [5.41, 5.74) is 0.890. The highest BCUT2D eigenvalue weighted by Gasteiger charge is 2.19. The summed E-state index contributed by atoms with van der Waals surface area (Å²) in [5, 5.41) is 3.10. The van der Waals surface area contributed by atoms with Crippen molar-refractivity contribution in [1.29, 1.82) is 0 Å². The molecule has 1 aromatic rings. The molecule has 4 nitrogen and oxygen atoms in total. The van der Waals surface area contributed by atoms with Crippen LogP contribution in [0.15, 0.2) is 24.4 Å². The molecule has 0 radical (unpaired) electrons. The minimum Gasteiger partial charge on any atom is -0.465 e. The summed E-state index contributed by atoms with van der Waals surface area (Å²) in [6, 6.07) is 5.37. The molecule has 0 saturated heterocycles. The maximum absolute atomic E-state index is 11.6. The van der Waals surface area contributed by atoms with Crippen molar-refractivity contribution >= 4 is 5.97 Å². The lowest BCUT2D eigenvalue weighted by atomic mass is 10.1. The number of esters is 1. The Labute approximate surface area is 96.0 Å². The van der Waals surface area contributed by atoms with Crippen LogP contribution >= 0.6 is 0 Å². The third-order valence-corrected chi connectivity index (χ3v) is 2.16. The van der Waals surface area contributed by atoms with Crippen molar-refractivity contribution in [3.05, 3.63) is 30.1 Å². The summed E-state index contributed by atoms with van der Waals surface area (Å²) in [4.78, 5) is 15.8. The second kappa shape index (κ2) is 6.95. The van der Waals surface area contributed by atoms with Crippen molar-refractivity contribution in [3.8, 4) is 0 Å². The van der Waals surface area contributed by atoms with Gasteiger partial charge < -0.3 is 10.1 Å². The van der Waals surface area contributed by atoms with Gasteiger partial charge in [-0.25, -0.2) is 0 Å². The van der Waals surface area contributed by atoms with Crippen LogP contribution in [0.4, 0.5) is 0 Å². The van der Waals surface area contributed by atoms with Gasteiger partial charge in [0.1, 0.15) is 6.04 Å². The molecule has 16 heavy (non-hydrogen) atoms. The van der Waals surface area contributed by atoms with E-state index in [0.29, 0.717) is 13.0 Å². The molecule has 0 spiro atoms. The molecule has 4 heteroatoms. The van der Waals surface area contributed by atoms with Crippen LogP contribution in [0.5, 0.6) is 0 Å². The highest BCUT2D eigenvalue weighted by Crippen LogP contribution is 2.01. The molecule has 0 aliphatic carbocycles. The Morgan fingerprint density at radius 1 is 1.50 bits per heavy atom. The summed E-state index contributed by atoms with van der Waals surface area (Å²) < 4.78 is 5.00. The zero-order chi connectivity index (χ0) is 11.8. The van der Waals surface area contributed by atoms with Gasteiger partial charge in [0, 0.05) is 18.3 Å². The maximum atomic E-state index is 11.6. The number of ether oxygens (including phenoxy) is 1. The van der Waals surface area contributed by atoms with Crippen molar-refractivity contribution < 1.29 is 9.53 Å². The summed E-state index contributed by atoms with van der Waals surface area (Å²) in [6.45, 7) is 4.91. The zero-order valence-corrected chi connectivity index (χ0v) is 9.77. The predicted octanol–water partition coefficient (Wildman–Crippen LogP) is 1.17. The van der Waals surface area contributed by atoms with E-state index in [1.54, 1.807) is 6.20 Å². The molecule has 1 atom stereocenters. The first-order chi connectivity index (χ1) is 7.77. The van der Waals surface area contributed by atoms with Crippen molar-refractivity contribution in [1.82, 2.24) is 10.3 Å². The van der Waals surface area contributed by atoms with Crippen LogP contribution in [0, 0.1) is 0 Å². The Morgan fingerprint density at radius 3 is 2.88 bits per heavy atom. The minimum atomic E-state index is -0.306. The third kappa shape index (κ3) is 3.98. The number of nitrogens with zero attached hydrogens (tertiary/aromatic N) is 1. The van der Waals surface area contributed by atoms with Crippen LogP contribution in [0.3, 0.4) is 0 Å². The van der Waals surface area contributed by atoms with Gasteiger partial charge in [-0.15, -0.1) is 0 Å². The van der Waals surface area contributed by atoms with Gasteiger partial charge in [-0.3, -0.25) is 9.78 Å². The fraction of sp³-hybridized carbons (Fsp3) is 0.500. The monoisotopic (exact) mass is 222 g/mol.